The number of hydrogen-bond acceptors (Lipinski definition) is 3. The summed E-state index contributed by atoms with van der Waals surface area (Å²) in [6.45, 7) is 5.81. The van der Waals surface area contributed by atoms with E-state index < -0.39 is 0 Å². The van der Waals surface area contributed by atoms with Gasteiger partial charge in [-0.25, -0.2) is 0 Å². The highest BCUT2D eigenvalue weighted by Crippen LogP contribution is 2.26. The zero-order valence-corrected chi connectivity index (χ0v) is 10.5. The van der Waals surface area contributed by atoms with Crippen molar-refractivity contribution in [3.63, 3.8) is 0 Å². The number of benzene rings is 1. The van der Waals surface area contributed by atoms with E-state index in [-0.39, 0.29) is 0 Å². The van der Waals surface area contributed by atoms with Gasteiger partial charge in [-0.2, -0.15) is 0 Å². The normalized spacial score (nSPS) is 10.2. The Kier molecular flexibility index (Phi) is 3.88. The zero-order chi connectivity index (χ0) is 12.1. The SMILES string of the molecule is C=CCSc1cc(On2cccn2)ccc1C. The van der Waals surface area contributed by atoms with Crippen LogP contribution in [0.5, 0.6) is 5.75 Å². The molecule has 1 aromatic carbocycles. The van der Waals surface area contributed by atoms with Crippen molar-refractivity contribution in [2.24, 2.45) is 0 Å². The third-order valence-corrected chi connectivity index (χ3v) is 3.35. The lowest BCUT2D eigenvalue weighted by Crippen LogP contribution is -2.05. The highest BCUT2D eigenvalue weighted by Gasteiger charge is 2.02. The van der Waals surface area contributed by atoms with E-state index >= 15 is 0 Å². The van der Waals surface area contributed by atoms with Crippen molar-refractivity contribution in [1.82, 2.24) is 9.94 Å². The second-order valence-electron chi connectivity index (χ2n) is 3.53. The van der Waals surface area contributed by atoms with E-state index in [0.29, 0.717) is 0 Å². The first kappa shape index (κ1) is 11.8. The first-order chi connectivity index (χ1) is 8.29. The summed E-state index contributed by atoms with van der Waals surface area (Å²) in [5.41, 5.74) is 1.24. The molecule has 0 saturated heterocycles. The summed E-state index contributed by atoms with van der Waals surface area (Å²) in [6, 6.07) is 7.83. The number of rotatable bonds is 5. The third kappa shape index (κ3) is 3.14. The molecule has 4 heteroatoms. The molecule has 0 radical (unpaired) electrons. The Hall–Kier alpha value is -1.68. The van der Waals surface area contributed by atoms with Gasteiger partial charge in [-0.15, -0.1) is 28.3 Å². The second kappa shape index (κ2) is 5.59. The summed E-state index contributed by atoms with van der Waals surface area (Å²) in [5, 5.41) is 4.00. The Balaban J connectivity index is 2.15. The Bertz CT molecular complexity index is 494. The molecule has 0 aliphatic heterocycles. The summed E-state index contributed by atoms with van der Waals surface area (Å²) >= 11 is 1.75. The van der Waals surface area contributed by atoms with Crippen molar-refractivity contribution in [2.75, 3.05) is 5.75 Å². The first-order valence-electron chi connectivity index (χ1n) is 5.32. The van der Waals surface area contributed by atoms with Crippen LogP contribution in [0.4, 0.5) is 0 Å². The molecule has 0 bridgehead atoms. The average molecular weight is 246 g/mol. The number of aryl methyl sites for hydroxylation is 1. The molecule has 0 spiro atoms. The van der Waals surface area contributed by atoms with Gasteiger partial charge in [0.25, 0.3) is 0 Å². The van der Waals surface area contributed by atoms with Crippen LogP contribution in [-0.2, 0) is 0 Å². The van der Waals surface area contributed by atoms with E-state index in [2.05, 4.69) is 18.6 Å². The van der Waals surface area contributed by atoms with Gasteiger partial charge in [-0.3, -0.25) is 0 Å². The quantitative estimate of drug-likeness (QED) is 0.598. The molecule has 0 saturated carbocycles. The molecule has 0 unspecified atom stereocenters. The molecule has 0 aliphatic carbocycles. The van der Waals surface area contributed by atoms with Gasteiger partial charge in [0.05, 0.1) is 12.4 Å². The van der Waals surface area contributed by atoms with Crippen LogP contribution in [0.3, 0.4) is 0 Å². The van der Waals surface area contributed by atoms with Gasteiger partial charge in [-0.1, -0.05) is 12.1 Å². The lowest BCUT2D eigenvalue weighted by atomic mass is 10.2. The molecule has 0 fully saturated rings. The number of thioether (sulfide) groups is 1. The predicted molar refractivity (Wildman–Crippen MR) is 70.4 cm³/mol. The molecule has 0 N–H and O–H groups in total. The number of aromatic nitrogens is 2. The van der Waals surface area contributed by atoms with Crippen molar-refractivity contribution in [2.45, 2.75) is 11.8 Å². The standard InChI is InChI=1S/C13H14N2OS/c1-3-9-17-13-10-12(6-5-11(13)2)16-15-8-4-7-14-15/h3-8,10H,1,9H2,2H3. The fourth-order valence-electron chi connectivity index (χ4n) is 1.36. The zero-order valence-electron chi connectivity index (χ0n) is 9.67. The summed E-state index contributed by atoms with van der Waals surface area (Å²) in [4.78, 5) is 8.20. The van der Waals surface area contributed by atoms with E-state index in [9.17, 15) is 0 Å². The van der Waals surface area contributed by atoms with E-state index in [1.807, 2.05) is 30.3 Å². The van der Waals surface area contributed by atoms with Crippen LogP contribution < -0.4 is 4.84 Å². The van der Waals surface area contributed by atoms with Crippen LogP contribution in [0.1, 0.15) is 5.56 Å². The smallest absolute Gasteiger partial charge is 0.159 e. The predicted octanol–water partition coefficient (Wildman–Crippen LogP) is 3.31. The monoisotopic (exact) mass is 246 g/mol. The molecule has 0 aliphatic rings. The van der Waals surface area contributed by atoms with Crippen molar-refractivity contribution in [3.05, 3.63) is 54.9 Å². The average Bonchev–Trinajstić information content (AvgIpc) is 2.82. The van der Waals surface area contributed by atoms with Crippen molar-refractivity contribution >= 4 is 11.8 Å². The summed E-state index contributed by atoms with van der Waals surface area (Å²) < 4.78 is 0. The molecule has 1 heterocycles. The largest absolute Gasteiger partial charge is 0.358 e. The van der Waals surface area contributed by atoms with E-state index in [0.717, 1.165) is 11.5 Å². The minimum absolute atomic E-state index is 0.783. The van der Waals surface area contributed by atoms with Crippen LogP contribution in [-0.4, -0.2) is 15.7 Å². The number of hydrogen-bond donors (Lipinski definition) is 0. The summed E-state index contributed by atoms with van der Waals surface area (Å²) in [7, 11) is 0. The number of nitrogens with zero attached hydrogens (tertiary/aromatic N) is 2. The molecule has 3 nitrogen and oxygen atoms in total. The Morgan fingerprint density at radius 1 is 1.53 bits per heavy atom. The van der Waals surface area contributed by atoms with Gasteiger partial charge >= 0.3 is 0 Å². The van der Waals surface area contributed by atoms with Gasteiger partial charge in [0, 0.05) is 10.6 Å². The fraction of sp³-hybridized carbons (Fsp3) is 0.154. The maximum absolute atomic E-state index is 5.56. The molecule has 2 rings (SSSR count). The Labute approximate surface area is 105 Å². The van der Waals surface area contributed by atoms with Gasteiger partial charge in [0.1, 0.15) is 0 Å². The first-order valence-corrected chi connectivity index (χ1v) is 6.30. The topological polar surface area (TPSA) is 27.1 Å². The van der Waals surface area contributed by atoms with Crippen LogP contribution in [0.25, 0.3) is 0 Å². The Morgan fingerprint density at radius 2 is 2.41 bits per heavy atom. The Morgan fingerprint density at radius 3 is 3.12 bits per heavy atom. The third-order valence-electron chi connectivity index (χ3n) is 2.20. The van der Waals surface area contributed by atoms with E-state index in [1.165, 1.54) is 15.3 Å². The maximum atomic E-state index is 5.56. The van der Waals surface area contributed by atoms with Crippen molar-refractivity contribution in [1.29, 1.82) is 0 Å². The molecule has 2 aromatic rings. The molecular formula is C13H14N2OS. The van der Waals surface area contributed by atoms with Gasteiger partial charge < -0.3 is 4.84 Å². The van der Waals surface area contributed by atoms with Gasteiger partial charge in [0.2, 0.25) is 0 Å². The van der Waals surface area contributed by atoms with E-state index in [1.54, 1.807) is 24.2 Å². The molecule has 0 amide bonds. The van der Waals surface area contributed by atoms with Crippen molar-refractivity contribution < 1.29 is 4.84 Å². The minimum Gasteiger partial charge on any atom is -0.358 e. The summed E-state index contributed by atoms with van der Waals surface area (Å²) in [5.74, 6) is 1.68. The minimum atomic E-state index is 0.783. The van der Waals surface area contributed by atoms with Crippen LogP contribution in [0.2, 0.25) is 0 Å². The fourth-order valence-corrected chi connectivity index (χ4v) is 2.15. The molecule has 0 atom stereocenters. The van der Waals surface area contributed by atoms with E-state index in [4.69, 9.17) is 4.84 Å². The van der Waals surface area contributed by atoms with Crippen LogP contribution in [0, 0.1) is 6.92 Å². The molecule has 88 valence electrons. The van der Waals surface area contributed by atoms with Gasteiger partial charge in [-0.05, 0) is 30.7 Å². The molecular weight excluding hydrogens is 232 g/mol. The molecule has 17 heavy (non-hydrogen) atoms. The second-order valence-corrected chi connectivity index (χ2v) is 4.59. The van der Waals surface area contributed by atoms with Crippen LogP contribution >= 0.6 is 11.8 Å². The lowest BCUT2D eigenvalue weighted by Gasteiger charge is -2.08. The lowest BCUT2D eigenvalue weighted by molar-refractivity contribution is 0.178. The molecule has 1 aromatic heterocycles. The highest BCUT2D eigenvalue weighted by molar-refractivity contribution is 7.99. The summed E-state index contributed by atoms with van der Waals surface area (Å²) in [6.07, 6.45) is 5.34. The van der Waals surface area contributed by atoms with Gasteiger partial charge in [0.15, 0.2) is 5.75 Å². The highest BCUT2D eigenvalue weighted by atomic mass is 32.2. The van der Waals surface area contributed by atoms with Crippen LogP contribution in [0.15, 0.2) is 54.2 Å². The maximum Gasteiger partial charge on any atom is 0.159 e. The van der Waals surface area contributed by atoms with Crippen molar-refractivity contribution in [3.8, 4) is 5.75 Å².